The summed E-state index contributed by atoms with van der Waals surface area (Å²) in [4.78, 5) is 22.3. The van der Waals surface area contributed by atoms with Crippen LogP contribution in [0.25, 0.3) is 0 Å². The van der Waals surface area contributed by atoms with Crippen molar-refractivity contribution in [3.63, 3.8) is 0 Å². The third-order valence-corrected chi connectivity index (χ3v) is 2.02. The van der Waals surface area contributed by atoms with Crippen LogP contribution in [0.3, 0.4) is 0 Å². The SMILES string of the molecule is CC#CCCNC(=O)NC(CC(C)C)C(=O)O. The van der Waals surface area contributed by atoms with Crippen LogP contribution >= 0.6 is 0 Å². The van der Waals surface area contributed by atoms with Crippen LogP contribution < -0.4 is 10.6 Å². The fraction of sp³-hybridized carbons (Fsp3) is 0.667. The number of hydrogen-bond donors (Lipinski definition) is 3. The van der Waals surface area contributed by atoms with Crippen molar-refractivity contribution in [3.8, 4) is 11.8 Å². The molecule has 0 aliphatic heterocycles. The largest absolute Gasteiger partial charge is 0.480 e. The fourth-order valence-corrected chi connectivity index (χ4v) is 1.27. The molecule has 0 aliphatic carbocycles. The second kappa shape index (κ2) is 8.45. The third-order valence-electron chi connectivity index (χ3n) is 2.02. The van der Waals surface area contributed by atoms with Gasteiger partial charge in [0.05, 0.1) is 0 Å². The maximum Gasteiger partial charge on any atom is 0.326 e. The average molecular weight is 240 g/mol. The van der Waals surface area contributed by atoms with Crippen molar-refractivity contribution in [2.75, 3.05) is 6.54 Å². The monoisotopic (exact) mass is 240 g/mol. The van der Waals surface area contributed by atoms with Crippen LogP contribution in [0.15, 0.2) is 0 Å². The molecule has 0 saturated heterocycles. The summed E-state index contributed by atoms with van der Waals surface area (Å²) in [5.74, 6) is 4.71. The van der Waals surface area contributed by atoms with Gasteiger partial charge in [-0.25, -0.2) is 9.59 Å². The summed E-state index contributed by atoms with van der Waals surface area (Å²) in [7, 11) is 0. The normalized spacial score (nSPS) is 11.3. The van der Waals surface area contributed by atoms with Gasteiger partial charge in [0.1, 0.15) is 6.04 Å². The van der Waals surface area contributed by atoms with Gasteiger partial charge in [-0.2, -0.15) is 0 Å². The van der Waals surface area contributed by atoms with Gasteiger partial charge in [0, 0.05) is 13.0 Å². The van der Waals surface area contributed by atoms with E-state index in [0.29, 0.717) is 19.4 Å². The zero-order valence-electron chi connectivity index (χ0n) is 10.5. The Kier molecular flexibility index (Phi) is 7.61. The standard InChI is InChI=1S/C12H20N2O3/c1-4-5-6-7-13-12(17)14-10(11(15)16)8-9(2)3/h9-10H,6-8H2,1-3H3,(H,15,16)(H2,13,14,17). The number of carboxylic acids is 1. The fourth-order valence-electron chi connectivity index (χ4n) is 1.27. The van der Waals surface area contributed by atoms with E-state index in [4.69, 9.17) is 5.11 Å². The molecule has 0 spiro atoms. The molecule has 0 bridgehead atoms. The van der Waals surface area contributed by atoms with E-state index < -0.39 is 18.0 Å². The van der Waals surface area contributed by atoms with Gasteiger partial charge in [0.15, 0.2) is 0 Å². The number of carbonyl (C=O) groups is 2. The Morgan fingerprint density at radius 1 is 1.35 bits per heavy atom. The van der Waals surface area contributed by atoms with E-state index in [0.717, 1.165) is 0 Å². The van der Waals surface area contributed by atoms with E-state index >= 15 is 0 Å². The van der Waals surface area contributed by atoms with Crippen molar-refractivity contribution in [2.45, 2.75) is 39.7 Å². The summed E-state index contributed by atoms with van der Waals surface area (Å²) in [6.07, 6.45) is 0.976. The van der Waals surface area contributed by atoms with Crippen molar-refractivity contribution in [1.82, 2.24) is 10.6 Å². The lowest BCUT2D eigenvalue weighted by Gasteiger charge is -2.16. The van der Waals surface area contributed by atoms with Gasteiger partial charge in [-0.15, -0.1) is 11.8 Å². The highest BCUT2D eigenvalue weighted by Gasteiger charge is 2.20. The van der Waals surface area contributed by atoms with Crippen molar-refractivity contribution in [2.24, 2.45) is 5.92 Å². The third kappa shape index (κ3) is 8.14. The van der Waals surface area contributed by atoms with Gasteiger partial charge in [0.2, 0.25) is 0 Å². The zero-order valence-corrected chi connectivity index (χ0v) is 10.5. The number of amides is 2. The molecule has 0 aliphatic rings. The molecule has 0 heterocycles. The lowest BCUT2D eigenvalue weighted by atomic mass is 10.0. The van der Waals surface area contributed by atoms with Gasteiger partial charge in [0.25, 0.3) is 0 Å². The Hall–Kier alpha value is -1.70. The maximum atomic E-state index is 11.4. The molecule has 1 unspecified atom stereocenters. The molecule has 0 aromatic rings. The number of aliphatic carboxylic acids is 1. The lowest BCUT2D eigenvalue weighted by molar-refractivity contribution is -0.139. The van der Waals surface area contributed by atoms with E-state index in [1.165, 1.54) is 0 Å². The summed E-state index contributed by atoms with van der Waals surface area (Å²) >= 11 is 0. The molecule has 0 rings (SSSR count). The van der Waals surface area contributed by atoms with Crippen LogP contribution in [0, 0.1) is 17.8 Å². The number of hydrogen-bond acceptors (Lipinski definition) is 2. The Morgan fingerprint density at radius 3 is 2.47 bits per heavy atom. The molecule has 17 heavy (non-hydrogen) atoms. The number of urea groups is 1. The smallest absolute Gasteiger partial charge is 0.326 e. The molecule has 5 nitrogen and oxygen atoms in total. The predicted octanol–water partition coefficient (Wildman–Crippen LogP) is 1.20. The van der Waals surface area contributed by atoms with Gasteiger partial charge in [-0.05, 0) is 19.3 Å². The quantitative estimate of drug-likeness (QED) is 0.482. The Bertz CT molecular complexity index is 315. The van der Waals surface area contributed by atoms with Crippen LogP contribution in [0.2, 0.25) is 0 Å². The summed E-state index contributed by atoms with van der Waals surface area (Å²) in [6, 6.07) is -1.30. The first-order valence-corrected chi connectivity index (χ1v) is 5.64. The van der Waals surface area contributed by atoms with Crippen molar-refractivity contribution in [3.05, 3.63) is 0 Å². The molecule has 0 saturated carbocycles. The Labute approximate surface area is 102 Å². The van der Waals surface area contributed by atoms with Crippen LogP contribution in [0.1, 0.15) is 33.6 Å². The molecule has 0 aromatic carbocycles. The molecular weight excluding hydrogens is 220 g/mol. The second-order valence-electron chi connectivity index (χ2n) is 4.10. The highest BCUT2D eigenvalue weighted by molar-refractivity contribution is 5.82. The van der Waals surface area contributed by atoms with Gasteiger partial charge in [-0.1, -0.05) is 13.8 Å². The molecule has 2 amide bonds. The van der Waals surface area contributed by atoms with Crippen LogP contribution in [-0.4, -0.2) is 29.7 Å². The number of carboxylic acid groups (broad SMARTS) is 1. The summed E-state index contributed by atoms with van der Waals surface area (Å²) in [6.45, 7) is 5.96. The molecule has 0 fully saturated rings. The minimum absolute atomic E-state index is 0.211. The highest BCUT2D eigenvalue weighted by atomic mass is 16.4. The number of nitrogens with one attached hydrogen (secondary N) is 2. The van der Waals surface area contributed by atoms with E-state index in [2.05, 4.69) is 22.5 Å². The summed E-state index contributed by atoms with van der Waals surface area (Å²) < 4.78 is 0. The first-order chi connectivity index (χ1) is 7.97. The van der Waals surface area contributed by atoms with Gasteiger partial charge < -0.3 is 15.7 Å². The molecule has 0 aromatic heterocycles. The summed E-state index contributed by atoms with van der Waals surface area (Å²) in [5.41, 5.74) is 0. The van der Waals surface area contributed by atoms with E-state index in [-0.39, 0.29) is 5.92 Å². The summed E-state index contributed by atoms with van der Waals surface area (Å²) in [5, 5.41) is 13.9. The topological polar surface area (TPSA) is 78.4 Å². The van der Waals surface area contributed by atoms with Gasteiger partial charge >= 0.3 is 12.0 Å². The minimum atomic E-state index is -1.01. The molecule has 1 atom stereocenters. The minimum Gasteiger partial charge on any atom is -0.480 e. The van der Waals surface area contributed by atoms with E-state index in [9.17, 15) is 9.59 Å². The Morgan fingerprint density at radius 2 is 2.00 bits per heavy atom. The van der Waals surface area contributed by atoms with Crippen LogP contribution in [0.5, 0.6) is 0 Å². The van der Waals surface area contributed by atoms with Crippen LogP contribution in [-0.2, 0) is 4.79 Å². The number of carbonyl (C=O) groups excluding carboxylic acids is 1. The molecule has 96 valence electrons. The van der Waals surface area contributed by atoms with E-state index in [1.807, 2.05) is 13.8 Å². The highest BCUT2D eigenvalue weighted by Crippen LogP contribution is 2.04. The first kappa shape index (κ1) is 15.3. The van der Waals surface area contributed by atoms with Crippen molar-refractivity contribution >= 4 is 12.0 Å². The van der Waals surface area contributed by atoms with Gasteiger partial charge in [-0.3, -0.25) is 0 Å². The average Bonchev–Trinajstić information content (AvgIpc) is 2.22. The molecule has 3 N–H and O–H groups in total. The molecule has 0 radical (unpaired) electrons. The Balaban J connectivity index is 4.02. The van der Waals surface area contributed by atoms with Crippen molar-refractivity contribution in [1.29, 1.82) is 0 Å². The first-order valence-electron chi connectivity index (χ1n) is 5.64. The number of rotatable bonds is 6. The lowest BCUT2D eigenvalue weighted by Crippen LogP contribution is -2.46. The molecular formula is C12H20N2O3. The zero-order chi connectivity index (χ0) is 13.3. The molecule has 5 heteroatoms. The maximum absolute atomic E-state index is 11.4. The van der Waals surface area contributed by atoms with Crippen molar-refractivity contribution < 1.29 is 14.7 Å². The predicted molar refractivity (Wildman–Crippen MR) is 65.5 cm³/mol. The second-order valence-corrected chi connectivity index (χ2v) is 4.10. The van der Waals surface area contributed by atoms with E-state index in [1.54, 1.807) is 6.92 Å². The van der Waals surface area contributed by atoms with Crippen LogP contribution in [0.4, 0.5) is 4.79 Å².